The van der Waals surface area contributed by atoms with Crippen LogP contribution in [0, 0.1) is 10.8 Å². The zero-order valence-electron chi connectivity index (χ0n) is 13.7. The number of aliphatic hydroxyl groups excluding tert-OH is 1. The summed E-state index contributed by atoms with van der Waals surface area (Å²) in [6.45, 7) is 10.0. The summed E-state index contributed by atoms with van der Waals surface area (Å²) in [7, 11) is 0. The minimum atomic E-state index is -0.0165. The molecule has 0 aromatic heterocycles. The van der Waals surface area contributed by atoms with E-state index in [2.05, 4.69) is 45.1 Å². The second-order valence-corrected chi connectivity index (χ2v) is 7.62. The molecule has 1 aliphatic carbocycles. The predicted molar refractivity (Wildman–Crippen MR) is 89.8 cm³/mol. The standard InChI is InChI=1S/C18H28ClNO/c1-5-18(6-2,12-21)11-20-16-15-9-14(19)8-7-13(15)10-17(16,3)4/h7-9,16,20-21H,5-6,10-12H2,1-4H3. The van der Waals surface area contributed by atoms with Gasteiger partial charge < -0.3 is 10.4 Å². The van der Waals surface area contributed by atoms with Gasteiger partial charge in [-0.15, -0.1) is 0 Å². The lowest BCUT2D eigenvalue weighted by atomic mass is 9.81. The van der Waals surface area contributed by atoms with Crippen molar-refractivity contribution < 1.29 is 5.11 Å². The van der Waals surface area contributed by atoms with Crippen LogP contribution in [-0.4, -0.2) is 18.3 Å². The molecule has 0 bridgehead atoms. The van der Waals surface area contributed by atoms with Crippen molar-refractivity contribution in [2.24, 2.45) is 10.8 Å². The van der Waals surface area contributed by atoms with E-state index in [4.69, 9.17) is 11.6 Å². The Labute approximate surface area is 133 Å². The Balaban J connectivity index is 2.21. The normalized spacial score (nSPS) is 20.6. The van der Waals surface area contributed by atoms with Gasteiger partial charge >= 0.3 is 0 Å². The number of hydrogen-bond acceptors (Lipinski definition) is 2. The number of halogens is 1. The van der Waals surface area contributed by atoms with Gasteiger partial charge in [-0.2, -0.15) is 0 Å². The van der Waals surface area contributed by atoms with E-state index in [1.165, 1.54) is 11.1 Å². The van der Waals surface area contributed by atoms with Gasteiger partial charge in [0.25, 0.3) is 0 Å². The van der Waals surface area contributed by atoms with Gasteiger partial charge in [-0.1, -0.05) is 45.4 Å². The zero-order valence-corrected chi connectivity index (χ0v) is 14.4. The van der Waals surface area contributed by atoms with Crippen molar-refractivity contribution in [3.63, 3.8) is 0 Å². The first-order valence-electron chi connectivity index (χ1n) is 8.00. The first kappa shape index (κ1) is 16.8. The molecular formula is C18H28ClNO. The molecule has 0 aliphatic heterocycles. The van der Waals surface area contributed by atoms with Gasteiger partial charge in [0, 0.05) is 29.6 Å². The van der Waals surface area contributed by atoms with Crippen molar-refractivity contribution in [2.75, 3.05) is 13.2 Å². The molecule has 0 spiro atoms. The molecule has 1 aromatic rings. The highest BCUT2D eigenvalue weighted by Crippen LogP contribution is 2.46. The van der Waals surface area contributed by atoms with Crippen molar-refractivity contribution in [3.05, 3.63) is 34.3 Å². The van der Waals surface area contributed by atoms with Crippen molar-refractivity contribution >= 4 is 11.6 Å². The Morgan fingerprint density at radius 3 is 2.57 bits per heavy atom. The summed E-state index contributed by atoms with van der Waals surface area (Å²) in [6, 6.07) is 6.53. The van der Waals surface area contributed by atoms with Crippen LogP contribution in [0.4, 0.5) is 0 Å². The molecular weight excluding hydrogens is 282 g/mol. The van der Waals surface area contributed by atoms with Crippen molar-refractivity contribution in [1.29, 1.82) is 0 Å². The van der Waals surface area contributed by atoms with E-state index in [0.29, 0.717) is 6.04 Å². The first-order valence-corrected chi connectivity index (χ1v) is 8.38. The molecule has 1 atom stereocenters. The Kier molecular flexibility index (Phi) is 5.02. The second-order valence-electron chi connectivity index (χ2n) is 7.19. The maximum atomic E-state index is 9.76. The third-order valence-electron chi connectivity index (χ3n) is 5.36. The molecule has 2 N–H and O–H groups in total. The summed E-state index contributed by atoms with van der Waals surface area (Å²) in [5.41, 5.74) is 2.88. The van der Waals surface area contributed by atoms with Crippen LogP contribution < -0.4 is 5.32 Å². The quantitative estimate of drug-likeness (QED) is 0.818. The summed E-state index contributed by atoms with van der Waals surface area (Å²) in [5, 5.41) is 14.3. The minimum absolute atomic E-state index is 0.0165. The highest BCUT2D eigenvalue weighted by molar-refractivity contribution is 6.30. The third-order valence-corrected chi connectivity index (χ3v) is 5.60. The van der Waals surface area contributed by atoms with Gasteiger partial charge in [0.2, 0.25) is 0 Å². The molecule has 0 saturated heterocycles. The Morgan fingerprint density at radius 2 is 2.00 bits per heavy atom. The van der Waals surface area contributed by atoms with E-state index >= 15 is 0 Å². The smallest absolute Gasteiger partial charge is 0.0499 e. The highest BCUT2D eigenvalue weighted by Gasteiger charge is 2.40. The van der Waals surface area contributed by atoms with E-state index < -0.39 is 0 Å². The molecule has 0 fully saturated rings. The van der Waals surface area contributed by atoms with E-state index in [0.717, 1.165) is 30.8 Å². The average molecular weight is 310 g/mol. The Bertz CT molecular complexity index is 486. The van der Waals surface area contributed by atoms with Crippen molar-refractivity contribution in [1.82, 2.24) is 5.32 Å². The molecule has 0 saturated carbocycles. The molecule has 21 heavy (non-hydrogen) atoms. The van der Waals surface area contributed by atoms with Crippen LogP contribution >= 0.6 is 11.6 Å². The monoisotopic (exact) mass is 309 g/mol. The van der Waals surface area contributed by atoms with Gasteiger partial charge in [-0.05, 0) is 47.9 Å². The maximum Gasteiger partial charge on any atom is 0.0499 e. The summed E-state index contributed by atoms with van der Waals surface area (Å²) >= 11 is 6.19. The fourth-order valence-corrected chi connectivity index (χ4v) is 3.67. The van der Waals surface area contributed by atoms with Crippen LogP contribution in [-0.2, 0) is 6.42 Å². The Morgan fingerprint density at radius 1 is 1.33 bits per heavy atom. The number of benzene rings is 1. The second kappa shape index (κ2) is 6.28. The minimum Gasteiger partial charge on any atom is -0.396 e. The van der Waals surface area contributed by atoms with Crippen LogP contribution in [0.3, 0.4) is 0 Å². The van der Waals surface area contributed by atoms with E-state index in [1.54, 1.807) is 0 Å². The molecule has 1 aromatic carbocycles. The van der Waals surface area contributed by atoms with Crippen LogP contribution in [0.1, 0.15) is 57.7 Å². The molecule has 118 valence electrons. The lowest BCUT2D eigenvalue weighted by Crippen LogP contribution is -2.41. The zero-order chi connectivity index (χ0) is 15.7. The average Bonchev–Trinajstić information content (AvgIpc) is 2.71. The van der Waals surface area contributed by atoms with E-state index in [9.17, 15) is 5.11 Å². The molecule has 3 heteroatoms. The first-order chi connectivity index (χ1) is 9.87. The van der Waals surface area contributed by atoms with Gasteiger partial charge in [0.05, 0.1) is 0 Å². The number of fused-ring (bicyclic) bond motifs is 1. The fourth-order valence-electron chi connectivity index (χ4n) is 3.49. The molecule has 1 aliphatic rings. The SMILES string of the molecule is CCC(CC)(CO)CNC1c2cc(Cl)ccc2CC1(C)C. The highest BCUT2D eigenvalue weighted by atomic mass is 35.5. The van der Waals surface area contributed by atoms with E-state index in [-0.39, 0.29) is 17.4 Å². The van der Waals surface area contributed by atoms with Crippen LogP contribution in [0.15, 0.2) is 18.2 Å². The topological polar surface area (TPSA) is 32.3 Å². The predicted octanol–water partition coefficient (Wildman–Crippen LogP) is 4.35. The van der Waals surface area contributed by atoms with Crippen molar-refractivity contribution in [3.8, 4) is 0 Å². The molecule has 0 amide bonds. The number of hydrogen-bond donors (Lipinski definition) is 2. The molecule has 2 nitrogen and oxygen atoms in total. The fraction of sp³-hybridized carbons (Fsp3) is 0.667. The summed E-state index contributed by atoms with van der Waals surface area (Å²) < 4.78 is 0. The molecule has 0 radical (unpaired) electrons. The number of nitrogens with one attached hydrogen (secondary N) is 1. The molecule has 1 unspecified atom stereocenters. The van der Waals surface area contributed by atoms with Gasteiger partial charge in [-0.25, -0.2) is 0 Å². The van der Waals surface area contributed by atoms with Gasteiger partial charge in [0.1, 0.15) is 0 Å². The van der Waals surface area contributed by atoms with Crippen LogP contribution in [0.2, 0.25) is 5.02 Å². The van der Waals surface area contributed by atoms with Crippen LogP contribution in [0.25, 0.3) is 0 Å². The molecule has 2 rings (SSSR count). The lowest BCUT2D eigenvalue weighted by Gasteiger charge is -2.35. The maximum absolute atomic E-state index is 9.76. The van der Waals surface area contributed by atoms with Gasteiger partial charge in [0.15, 0.2) is 0 Å². The largest absolute Gasteiger partial charge is 0.396 e. The third kappa shape index (κ3) is 3.28. The Hall–Kier alpha value is -0.570. The summed E-state index contributed by atoms with van der Waals surface area (Å²) in [5.74, 6) is 0. The van der Waals surface area contributed by atoms with Crippen molar-refractivity contribution in [2.45, 2.75) is 53.0 Å². The number of rotatable bonds is 6. The summed E-state index contributed by atoms with van der Waals surface area (Å²) in [4.78, 5) is 0. The number of aliphatic hydroxyl groups is 1. The lowest BCUT2D eigenvalue weighted by molar-refractivity contribution is 0.102. The van der Waals surface area contributed by atoms with Gasteiger partial charge in [-0.3, -0.25) is 0 Å². The van der Waals surface area contributed by atoms with E-state index in [1.807, 2.05) is 6.07 Å². The summed E-state index contributed by atoms with van der Waals surface area (Å²) in [6.07, 6.45) is 3.05. The van der Waals surface area contributed by atoms with Crippen LogP contribution in [0.5, 0.6) is 0 Å². The molecule has 0 heterocycles.